The van der Waals surface area contributed by atoms with Crippen molar-refractivity contribution in [2.24, 2.45) is 5.92 Å². The second-order valence-electron chi connectivity index (χ2n) is 3.53. The Morgan fingerprint density at radius 2 is 2.09 bits per heavy atom. The van der Waals surface area contributed by atoms with Crippen molar-refractivity contribution in [3.05, 3.63) is 0 Å². The molecule has 1 nitrogen and oxygen atoms in total. The largest absolute Gasteiger partial charge is 0.301 e. The predicted octanol–water partition coefficient (Wildman–Crippen LogP) is 1.79. The molecule has 1 heteroatoms. The summed E-state index contributed by atoms with van der Waals surface area (Å²) in [5.41, 5.74) is 0. The summed E-state index contributed by atoms with van der Waals surface area (Å²) in [7, 11) is 0. The molecular formula is C10H17N. The Bertz CT molecular complexity index is 153. The van der Waals surface area contributed by atoms with Crippen molar-refractivity contribution in [3.63, 3.8) is 0 Å². The van der Waals surface area contributed by atoms with Crippen LogP contribution >= 0.6 is 0 Å². The van der Waals surface area contributed by atoms with Crippen molar-refractivity contribution < 1.29 is 0 Å². The van der Waals surface area contributed by atoms with Gasteiger partial charge in [0.1, 0.15) is 0 Å². The van der Waals surface area contributed by atoms with E-state index in [9.17, 15) is 0 Å². The third-order valence-corrected chi connectivity index (χ3v) is 2.62. The van der Waals surface area contributed by atoms with Crippen LogP contribution in [0, 0.1) is 18.3 Å². The predicted molar refractivity (Wildman–Crippen MR) is 48.2 cm³/mol. The summed E-state index contributed by atoms with van der Waals surface area (Å²) in [6, 6.07) is 0.834. The first-order valence-electron chi connectivity index (χ1n) is 4.46. The zero-order chi connectivity index (χ0) is 8.27. The number of hydrogen-bond donors (Lipinski definition) is 1. The van der Waals surface area contributed by atoms with E-state index in [1.54, 1.807) is 0 Å². The van der Waals surface area contributed by atoms with E-state index in [4.69, 9.17) is 6.42 Å². The fraction of sp³-hybridized carbons (Fsp3) is 0.800. The van der Waals surface area contributed by atoms with Crippen LogP contribution in [0.15, 0.2) is 0 Å². The minimum atomic E-state index is 0.227. The van der Waals surface area contributed by atoms with Crippen LogP contribution in [0.5, 0.6) is 0 Å². The molecule has 1 saturated carbocycles. The number of nitrogens with one attached hydrogen (secondary N) is 1. The molecule has 2 unspecified atom stereocenters. The van der Waals surface area contributed by atoms with Crippen molar-refractivity contribution >= 4 is 0 Å². The molecule has 2 atom stereocenters. The van der Waals surface area contributed by atoms with Gasteiger partial charge in [0.25, 0.3) is 0 Å². The zero-order valence-electron chi connectivity index (χ0n) is 7.43. The molecule has 1 rings (SSSR count). The monoisotopic (exact) mass is 151 g/mol. The van der Waals surface area contributed by atoms with E-state index in [1.807, 2.05) is 6.92 Å². The van der Waals surface area contributed by atoms with Gasteiger partial charge in [-0.05, 0) is 32.6 Å². The molecule has 0 aliphatic heterocycles. The third kappa shape index (κ3) is 2.24. The zero-order valence-corrected chi connectivity index (χ0v) is 7.43. The molecule has 0 amide bonds. The van der Waals surface area contributed by atoms with Gasteiger partial charge in [0.05, 0.1) is 6.04 Å². The maximum atomic E-state index is 5.27. The van der Waals surface area contributed by atoms with E-state index in [1.165, 1.54) is 19.3 Å². The summed E-state index contributed by atoms with van der Waals surface area (Å²) in [6.45, 7) is 4.27. The summed E-state index contributed by atoms with van der Waals surface area (Å²) >= 11 is 0. The molecule has 1 aliphatic carbocycles. The molecule has 0 aromatic carbocycles. The Morgan fingerprint density at radius 3 is 2.45 bits per heavy atom. The fourth-order valence-electron chi connectivity index (χ4n) is 1.52. The van der Waals surface area contributed by atoms with E-state index >= 15 is 0 Å². The highest BCUT2D eigenvalue weighted by Gasteiger charge is 2.23. The van der Waals surface area contributed by atoms with Crippen LogP contribution in [-0.4, -0.2) is 12.1 Å². The first-order valence-corrected chi connectivity index (χ1v) is 4.46. The SMILES string of the molecule is C#CC(C)NC(C)C1CCC1. The van der Waals surface area contributed by atoms with Crippen LogP contribution in [0.25, 0.3) is 0 Å². The van der Waals surface area contributed by atoms with E-state index in [2.05, 4.69) is 18.2 Å². The molecule has 0 aromatic rings. The standard InChI is InChI=1S/C10H17N/c1-4-8(2)11-9(3)10-6-5-7-10/h1,8-11H,5-7H2,2-3H3. The summed E-state index contributed by atoms with van der Waals surface area (Å²) in [6.07, 6.45) is 9.43. The lowest BCUT2D eigenvalue weighted by Gasteiger charge is -2.32. The summed E-state index contributed by atoms with van der Waals surface area (Å²) in [5, 5.41) is 3.40. The Hall–Kier alpha value is -0.480. The van der Waals surface area contributed by atoms with Gasteiger partial charge in [-0.25, -0.2) is 0 Å². The smallest absolute Gasteiger partial charge is 0.0660 e. The molecule has 0 spiro atoms. The Kier molecular flexibility index (Phi) is 2.96. The maximum Gasteiger partial charge on any atom is 0.0660 e. The lowest BCUT2D eigenvalue weighted by molar-refractivity contribution is 0.237. The van der Waals surface area contributed by atoms with Gasteiger partial charge in [-0.2, -0.15) is 0 Å². The topological polar surface area (TPSA) is 12.0 Å². The Balaban J connectivity index is 2.20. The summed E-state index contributed by atoms with van der Waals surface area (Å²) in [4.78, 5) is 0. The normalized spacial score (nSPS) is 23.4. The van der Waals surface area contributed by atoms with Crippen molar-refractivity contribution in [1.82, 2.24) is 5.32 Å². The number of terminal acetylenes is 1. The van der Waals surface area contributed by atoms with E-state index in [-0.39, 0.29) is 6.04 Å². The average Bonchev–Trinajstić information content (AvgIpc) is 1.83. The third-order valence-electron chi connectivity index (χ3n) is 2.62. The van der Waals surface area contributed by atoms with Crippen LogP contribution < -0.4 is 5.32 Å². The molecule has 0 heterocycles. The molecular weight excluding hydrogens is 134 g/mol. The average molecular weight is 151 g/mol. The van der Waals surface area contributed by atoms with Crippen LogP contribution in [0.1, 0.15) is 33.1 Å². The van der Waals surface area contributed by atoms with Gasteiger partial charge in [-0.15, -0.1) is 6.42 Å². The van der Waals surface area contributed by atoms with Gasteiger partial charge in [-0.3, -0.25) is 0 Å². The lowest BCUT2D eigenvalue weighted by atomic mass is 9.80. The second-order valence-corrected chi connectivity index (χ2v) is 3.53. The molecule has 1 fully saturated rings. The molecule has 0 aromatic heterocycles. The molecule has 11 heavy (non-hydrogen) atoms. The fourth-order valence-corrected chi connectivity index (χ4v) is 1.52. The van der Waals surface area contributed by atoms with Crippen molar-refractivity contribution in [3.8, 4) is 12.3 Å². The van der Waals surface area contributed by atoms with Gasteiger partial charge >= 0.3 is 0 Å². The highest BCUT2D eigenvalue weighted by Crippen LogP contribution is 2.29. The summed E-state index contributed by atoms with van der Waals surface area (Å²) < 4.78 is 0. The minimum Gasteiger partial charge on any atom is -0.301 e. The van der Waals surface area contributed by atoms with Crippen molar-refractivity contribution in [2.45, 2.75) is 45.2 Å². The van der Waals surface area contributed by atoms with Gasteiger partial charge < -0.3 is 5.32 Å². The lowest BCUT2D eigenvalue weighted by Crippen LogP contribution is -2.41. The van der Waals surface area contributed by atoms with E-state index in [0.717, 1.165) is 5.92 Å². The van der Waals surface area contributed by atoms with E-state index in [0.29, 0.717) is 6.04 Å². The Labute approximate surface area is 69.6 Å². The molecule has 1 N–H and O–H groups in total. The van der Waals surface area contributed by atoms with E-state index < -0.39 is 0 Å². The van der Waals surface area contributed by atoms with Crippen LogP contribution in [0.4, 0.5) is 0 Å². The molecule has 62 valence electrons. The number of rotatable bonds is 3. The minimum absolute atomic E-state index is 0.227. The second kappa shape index (κ2) is 3.78. The molecule has 0 bridgehead atoms. The quantitative estimate of drug-likeness (QED) is 0.606. The molecule has 1 aliphatic rings. The highest BCUT2D eigenvalue weighted by atomic mass is 14.9. The Morgan fingerprint density at radius 1 is 1.45 bits per heavy atom. The first kappa shape index (κ1) is 8.62. The maximum absolute atomic E-state index is 5.27. The van der Waals surface area contributed by atoms with Crippen molar-refractivity contribution in [2.75, 3.05) is 0 Å². The molecule has 0 saturated heterocycles. The summed E-state index contributed by atoms with van der Waals surface area (Å²) in [5.74, 6) is 3.57. The van der Waals surface area contributed by atoms with Gasteiger partial charge in [-0.1, -0.05) is 12.3 Å². The van der Waals surface area contributed by atoms with Gasteiger partial charge in [0, 0.05) is 6.04 Å². The highest BCUT2D eigenvalue weighted by molar-refractivity contribution is 4.97. The van der Waals surface area contributed by atoms with Gasteiger partial charge in [0.15, 0.2) is 0 Å². The van der Waals surface area contributed by atoms with Crippen LogP contribution in [0.2, 0.25) is 0 Å². The molecule has 0 radical (unpaired) electrons. The van der Waals surface area contributed by atoms with Crippen molar-refractivity contribution in [1.29, 1.82) is 0 Å². The van der Waals surface area contributed by atoms with Crippen LogP contribution in [-0.2, 0) is 0 Å². The first-order chi connectivity index (χ1) is 5.24. The van der Waals surface area contributed by atoms with Crippen LogP contribution in [0.3, 0.4) is 0 Å². The number of hydrogen-bond acceptors (Lipinski definition) is 1. The van der Waals surface area contributed by atoms with Gasteiger partial charge in [0.2, 0.25) is 0 Å².